The fourth-order valence-electron chi connectivity index (χ4n) is 7.38. The Morgan fingerprint density at radius 3 is 1.79 bits per heavy atom. The van der Waals surface area contributed by atoms with Crippen molar-refractivity contribution >= 4 is 22.0 Å². The van der Waals surface area contributed by atoms with Crippen molar-refractivity contribution in [2.45, 2.75) is 38.5 Å². The molecule has 0 bridgehead atoms. The minimum atomic E-state index is -0.108. The minimum Gasteiger partial charge on any atom is -0.265 e. The van der Waals surface area contributed by atoms with Crippen LogP contribution in [-0.2, 0) is 10.8 Å². The predicted octanol–water partition coefficient (Wildman–Crippen LogP) is 10.1. The zero-order valence-electron chi connectivity index (χ0n) is 24.4. The van der Waals surface area contributed by atoms with Crippen molar-refractivity contribution in [3.63, 3.8) is 0 Å². The number of rotatable bonds is 3. The van der Waals surface area contributed by atoms with Gasteiger partial charge in [0.1, 0.15) is 0 Å². The molecule has 0 fully saturated rings. The Hall–Kier alpha value is -4.82. The number of allylic oxidation sites excluding steroid dienone is 2. The van der Waals surface area contributed by atoms with E-state index in [0.717, 1.165) is 11.2 Å². The highest BCUT2D eigenvalue weighted by Gasteiger charge is 2.49. The van der Waals surface area contributed by atoms with Crippen LogP contribution in [0.15, 0.2) is 122 Å². The van der Waals surface area contributed by atoms with Crippen molar-refractivity contribution in [1.29, 1.82) is 0 Å². The van der Waals surface area contributed by atoms with E-state index in [1.165, 1.54) is 66.6 Å². The average molecular weight is 541 g/mol. The molecule has 4 aromatic carbocycles. The van der Waals surface area contributed by atoms with Crippen molar-refractivity contribution in [1.82, 2.24) is 9.97 Å². The van der Waals surface area contributed by atoms with Gasteiger partial charge in [0.25, 0.3) is 0 Å². The molecule has 0 N–H and O–H groups in total. The average Bonchev–Trinajstić information content (AvgIpc) is 3.42. The van der Waals surface area contributed by atoms with Gasteiger partial charge in [0.05, 0.1) is 11.2 Å². The first-order valence-corrected chi connectivity index (χ1v) is 14.7. The number of hydrogen-bond acceptors (Lipinski definition) is 2. The molecule has 2 aromatic heterocycles. The summed E-state index contributed by atoms with van der Waals surface area (Å²) in [4.78, 5) is 9.19. The molecule has 6 aromatic rings. The molecule has 0 unspecified atom stereocenters. The minimum absolute atomic E-state index is 0.103. The van der Waals surface area contributed by atoms with Crippen LogP contribution in [0.2, 0.25) is 0 Å². The Labute approximate surface area is 247 Å². The molecular formula is C40H32N2. The Balaban J connectivity index is 1.20. The van der Waals surface area contributed by atoms with Crippen LogP contribution < -0.4 is 0 Å². The number of aromatic nitrogens is 2. The lowest BCUT2D eigenvalue weighted by Crippen LogP contribution is -2.19. The third kappa shape index (κ3) is 3.58. The number of pyridine rings is 2. The van der Waals surface area contributed by atoms with Crippen LogP contribution in [0.1, 0.15) is 49.9 Å². The summed E-state index contributed by atoms with van der Waals surface area (Å²) in [5, 5.41) is 1.17. The lowest BCUT2D eigenvalue weighted by molar-refractivity contribution is 0.694. The molecule has 0 saturated carbocycles. The summed E-state index contributed by atoms with van der Waals surface area (Å²) in [7, 11) is 0. The van der Waals surface area contributed by atoms with E-state index in [-0.39, 0.29) is 10.8 Å². The van der Waals surface area contributed by atoms with E-state index in [9.17, 15) is 0 Å². The van der Waals surface area contributed by atoms with Gasteiger partial charge < -0.3 is 0 Å². The van der Waals surface area contributed by atoms with Crippen LogP contribution in [-0.4, -0.2) is 9.97 Å². The second-order valence-corrected chi connectivity index (χ2v) is 12.7. The van der Waals surface area contributed by atoms with Crippen LogP contribution in [0.3, 0.4) is 0 Å². The van der Waals surface area contributed by atoms with E-state index in [0.29, 0.717) is 0 Å². The Morgan fingerprint density at radius 2 is 1.07 bits per heavy atom. The molecule has 2 heteroatoms. The van der Waals surface area contributed by atoms with Crippen LogP contribution in [0.5, 0.6) is 0 Å². The van der Waals surface area contributed by atoms with Crippen LogP contribution in [0.25, 0.3) is 55.6 Å². The molecule has 2 heterocycles. The van der Waals surface area contributed by atoms with Crippen molar-refractivity contribution in [3.05, 3.63) is 144 Å². The lowest BCUT2D eigenvalue weighted by Gasteiger charge is -2.28. The van der Waals surface area contributed by atoms with Gasteiger partial charge in [-0.3, -0.25) is 4.98 Å². The summed E-state index contributed by atoms with van der Waals surface area (Å²) in [5.74, 6) is 0. The molecular weight excluding hydrogens is 508 g/mol. The largest absolute Gasteiger partial charge is 0.265 e. The molecule has 0 aliphatic heterocycles. The van der Waals surface area contributed by atoms with E-state index in [1.807, 2.05) is 12.4 Å². The fraction of sp³-hybridized carbons (Fsp3) is 0.150. The standard InChI is InChI=1S/C40H32N2/c1-39(2)33-23-29(28-10-7-9-27(22-28)25-18-20-41-21-19-25)12-15-31(33)37-38(39)32-16-13-30(24-34(32)40(37,3)4)36-17-14-26-8-5-6-11-35(26)42-36/h5-24H,1-4H3. The summed E-state index contributed by atoms with van der Waals surface area (Å²) in [6.07, 6.45) is 3.71. The third-order valence-electron chi connectivity index (χ3n) is 9.53. The van der Waals surface area contributed by atoms with Gasteiger partial charge in [-0.25, -0.2) is 4.98 Å². The van der Waals surface area contributed by atoms with Gasteiger partial charge in [-0.2, -0.15) is 0 Å². The number of benzene rings is 4. The maximum absolute atomic E-state index is 5.00. The Morgan fingerprint density at radius 1 is 0.476 bits per heavy atom. The van der Waals surface area contributed by atoms with Crippen molar-refractivity contribution in [2.75, 3.05) is 0 Å². The molecule has 2 aliphatic rings. The van der Waals surface area contributed by atoms with Crippen molar-refractivity contribution < 1.29 is 0 Å². The van der Waals surface area contributed by atoms with E-state index in [4.69, 9.17) is 4.98 Å². The van der Waals surface area contributed by atoms with Gasteiger partial charge >= 0.3 is 0 Å². The zero-order valence-corrected chi connectivity index (χ0v) is 24.4. The molecule has 2 aliphatic carbocycles. The van der Waals surface area contributed by atoms with Crippen molar-refractivity contribution in [2.24, 2.45) is 0 Å². The first-order chi connectivity index (χ1) is 20.3. The summed E-state index contributed by atoms with van der Waals surface area (Å²) >= 11 is 0. The second kappa shape index (κ2) is 8.84. The number of para-hydroxylation sites is 1. The molecule has 8 rings (SSSR count). The maximum atomic E-state index is 5.00. The molecule has 0 radical (unpaired) electrons. The molecule has 0 atom stereocenters. The maximum Gasteiger partial charge on any atom is 0.0709 e. The van der Waals surface area contributed by atoms with Gasteiger partial charge in [0.15, 0.2) is 0 Å². The van der Waals surface area contributed by atoms with Gasteiger partial charge in [-0.1, -0.05) is 94.4 Å². The normalized spacial score (nSPS) is 15.9. The highest BCUT2D eigenvalue weighted by molar-refractivity contribution is 6.10. The summed E-state index contributed by atoms with van der Waals surface area (Å²) < 4.78 is 0. The summed E-state index contributed by atoms with van der Waals surface area (Å²) in [6.45, 7) is 9.58. The van der Waals surface area contributed by atoms with E-state index >= 15 is 0 Å². The first-order valence-electron chi connectivity index (χ1n) is 14.7. The topological polar surface area (TPSA) is 25.8 Å². The van der Waals surface area contributed by atoms with Gasteiger partial charge in [0, 0.05) is 34.2 Å². The van der Waals surface area contributed by atoms with Gasteiger partial charge in [-0.15, -0.1) is 0 Å². The Kier molecular flexibility index (Phi) is 5.25. The highest BCUT2D eigenvalue weighted by atomic mass is 14.7. The predicted molar refractivity (Wildman–Crippen MR) is 175 cm³/mol. The highest BCUT2D eigenvalue weighted by Crippen LogP contribution is 2.63. The number of fused-ring (bicyclic) bond motifs is 5. The van der Waals surface area contributed by atoms with E-state index < -0.39 is 0 Å². The Bertz CT molecular complexity index is 2080. The first kappa shape index (κ1) is 24.9. The third-order valence-corrected chi connectivity index (χ3v) is 9.53. The van der Waals surface area contributed by atoms with E-state index in [1.54, 1.807) is 0 Å². The number of nitrogens with zero attached hydrogens (tertiary/aromatic N) is 2. The molecule has 202 valence electrons. The van der Waals surface area contributed by atoms with Crippen LogP contribution >= 0.6 is 0 Å². The molecule has 0 amide bonds. The molecule has 2 nitrogen and oxygen atoms in total. The van der Waals surface area contributed by atoms with Gasteiger partial charge in [-0.05, 0) is 98.1 Å². The lowest BCUT2D eigenvalue weighted by atomic mass is 9.75. The van der Waals surface area contributed by atoms with Crippen LogP contribution in [0.4, 0.5) is 0 Å². The molecule has 42 heavy (non-hydrogen) atoms. The molecule has 0 saturated heterocycles. The van der Waals surface area contributed by atoms with Gasteiger partial charge in [0.2, 0.25) is 0 Å². The van der Waals surface area contributed by atoms with Crippen LogP contribution in [0, 0.1) is 0 Å². The fourth-order valence-corrected chi connectivity index (χ4v) is 7.38. The van der Waals surface area contributed by atoms with Crippen molar-refractivity contribution in [3.8, 4) is 33.5 Å². The zero-order chi connectivity index (χ0) is 28.6. The van der Waals surface area contributed by atoms with E-state index in [2.05, 4.69) is 142 Å². The monoisotopic (exact) mass is 540 g/mol. The summed E-state index contributed by atoms with van der Waals surface area (Å²) in [5.41, 5.74) is 16.4. The smallest absolute Gasteiger partial charge is 0.0709 e. The summed E-state index contributed by atoms with van der Waals surface area (Å²) in [6, 6.07) is 39.7. The second-order valence-electron chi connectivity index (χ2n) is 12.7. The SMILES string of the molecule is CC1(C)C2=C(c3ccc(-c4cccc(-c5ccncc5)c4)cc31)C(C)(C)c1cc(-c3ccc4ccccc4n3)ccc12. The quantitative estimate of drug-likeness (QED) is 0.223. The number of hydrogen-bond donors (Lipinski definition) is 0. The molecule has 0 spiro atoms.